The molecule has 0 N–H and O–H groups in total. The summed E-state index contributed by atoms with van der Waals surface area (Å²) in [6.45, 7) is 0. The molecule has 6 aromatic rings. The van der Waals surface area contributed by atoms with E-state index >= 15 is 0 Å². The smallest absolute Gasteiger partial charge is 0.171 e. The summed E-state index contributed by atoms with van der Waals surface area (Å²) >= 11 is 0. The van der Waals surface area contributed by atoms with Crippen LogP contribution in [0.4, 0.5) is 0 Å². The monoisotopic (exact) mass is 470 g/mol. The predicted molar refractivity (Wildman–Crippen MR) is 146 cm³/mol. The summed E-state index contributed by atoms with van der Waals surface area (Å²) < 4.78 is 17.1. The van der Waals surface area contributed by atoms with Gasteiger partial charge in [-0.15, -0.1) is 0 Å². The zero-order chi connectivity index (χ0) is 23.7. The topological polar surface area (TPSA) is 34.9 Å². The first-order chi connectivity index (χ1) is 17.2. The second kappa shape index (κ2) is 8.87. The maximum absolute atomic E-state index is 14.9. The lowest BCUT2D eigenvalue weighted by Crippen LogP contribution is -2.25. The Labute approximate surface area is 204 Å². The molecule has 1 aromatic heterocycles. The second-order valence-electron chi connectivity index (χ2n) is 8.43. The van der Waals surface area contributed by atoms with Gasteiger partial charge in [-0.2, -0.15) is 0 Å². The summed E-state index contributed by atoms with van der Waals surface area (Å²) in [4.78, 5) is 5.00. The van der Waals surface area contributed by atoms with Crippen LogP contribution in [0.15, 0.2) is 140 Å². The van der Waals surface area contributed by atoms with Crippen molar-refractivity contribution in [2.24, 2.45) is 0 Å². The first-order valence-corrected chi connectivity index (χ1v) is 13.3. The summed E-state index contributed by atoms with van der Waals surface area (Å²) in [6, 6.07) is 46.0. The van der Waals surface area contributed by atoms with E-state index in [-0.39, 0.29) is 0 Å². The standard InChI is InChI=1S/C31H23N2OP/c34-35(26-16-6-2-7-17-26,27-18-8-3-9-19-27)28-20-12-13-24(23-28)31-32-29-21-10-11-22-30(29)33(31)25-14-4-1-5-15-25/h1-23H. The molecule has 0 aliphatic rings. The highest BCUT2D eigenvalue weighted by atomic mass is 31.2. The number of fused-ring (bicyclic) bond motifs is 1. The second-order valence-corrected chi connectivity index (χ2v) is 11.2. The number of hydrogen-bond donors (Lipinski definition) is 0. The minimum Gasteiger partial charge on any atom is -0.309 e. The van der Waals surface area contributed by atoms with E-state index in [4.69, 9.17) is 4.98 Å². The van der Waals surface area contributed by atoms with Gasteiger partial charge in [0.05, 0.1) is 11.0 Å². The Morgan fingerprint density at radius 3 is 1.74 bits per heavy atom. The summed E-state index contributed by atoms with van der Waals surface area (Å²) in [6.07, 6.45) is 0. The van der Waals surface area contributed by atoms with Crippen LogP contribution in [-0.4, -0.2) is 9.55 Å². The van der Waals surface area contributed by atoms with Gasteiger partial charge >= 0.3 is 0 Å². The van der Waals surface area contributed by atoms with E-state index in [1.807, 2.05) is 121 Å². The third-order valence-electron chi connectivity index (χ3n) is 6.28. The normalized spacial score (nSPS) is 11.5. The van der Waals surface area contributed by atoms with Crippen molar-refractivity contribution in [1.29, 1.82) is 0 Å². The first-order valence-electron chi connectivity index (χ1n) is 11.6. The maximum Gasteiger partial charge on any atom is 0.171 e. The molecule has 0 aliphatic carbocycles. The third kappa shape index (κ3) is 3.71. The lowest BCUT2D eigenvalue weighted by atomic mass is 10.2. The van der Waals surface area contributed by atoms with Crippen molar-refractivity contribution in [1.82, 2.24) is 9.55 Å². The molecule has 0 aliphatic heterocycles. The first kappa shape index (κ1) is 21.3. The van der Waals surface area contributed by atoms with Crippen molar-refractivity contribution in [3.8, 4) is 17.1 Å². The lowest BCUT2D eigenvalue weighted by Gasteiger charge is -2.20. The van der Waals surface area contributed by atoms with Crippen LogP contribution in [0.1, 0.15) is 0 Å². The van der Waals surface area contributed by atoms with Crippen LogP contribution < -0.4 is 15.9 Å². The van der Waals surface area contributed by atoms with Gasteiger partial charge in [0, 0.05) is 27.2 Å². The highest BCUT2D eigenvalue weighted by Gasteiger charge is 2.30. The Balaban J connectivity index is 1.59. The van der Waals surface area contributed by atoms with E-state index in [0.29, 0.717) is 0 Å². The number of para-hydroxylation sites is 3. The molecule has 6 rings (SSSR count). The molecule has 4 heteroatoms. The number of imidazole rings is 1. The van der Waals surface area contributed by atoms with Crippen LogP contribution in [0.25, 0.3) is 28.1 Å². The molecule has 0 unspecified atom stereocenters. The van der Waals surface area contributed by atoms with Crippen molar-refractivity contribution in [3.05, 3.63) is 140 Å². The Morgan fingerprint density at radius 2 is 1.09 bits per heavy atom. The van der Waals surface area contributed by atoms with E-state index in [9.17, 15) is 4.57 Å². The minimum absolute atomic E-state index is 0.791. The minimum atomic E-state index is -3.08. The van der Waals surface area contributed by atoms with E-state index in [2.05, 4.69) is 22.8 Å². The lowest BCUT2D eigenvalue weighted by molar-refractivity contribution is 0.592. The largest absolute Gasteiger partial charge is 0.309 e. The molecule has 5 aromatic carbocycles. The highest BCUT2D eigenvalue weighted by Crippen LogP contribution is 2.43. The average molecular weight is 471 g/mol. The molecule has 0 bridgehead atoms. The van der Waals surface area contributed by atoms with Gasteiger partial charge in [0.15, 0.2) is 7.14 Å². The third-order valence-corrected chi connectivity index (χ3v) is 9.34. The Kier molecular flexibility index (Phi) is 5.41. The molecule has 0 radical (unpaired) electrons. The molecular formula is C31H23N2OP. The fraction of sp³-hybridized carbons (Fsp3) is 0. The van der Waals surface area contributed by atoms with Gasteiger partial charge in [0.2, 0.25) is 0 Å². The van der Waals surface area contributed by atoms with E-state index in [1.165, 1.54) is 0 Å². The van der Waals surface area contributed by atoms with E-state index < -0.39 is 7.14 Å². The van der Waals surface area contributed by atoms with Crippen LogP contribution in [-0.2, 0) is 4.57 Å². The number of benzene rings is 5. The Hall–Kier alpha value is -4.20. The number of aromatic nitrogens is 2. The molecule has 0 saturated carbocycles. The zero-order valence-corrected chi connectivity index (χ0v) is 19.9. The van der Waals surface area contributed by atoms with E-state index in [0.717, 1.165) is 44.0 Å². The molecule has 0 amide bonds. The van der Waals surface area contributed by atoms with Crippen LogP contribution in [0.2, 0.25) is 0 Å². The highest BCUT2D eigenvalue weighted by molar-refractivity contribution is 7.85. The van der Waals surface area contributed by atoms with Gasteiger partial charge in [0.25, 0.3) is 0 Å². The molecule has 0 spiro atoms. The van der Waals surface area contributed by atoms with Gasteiger partial charge in [0.1, 0.15) is 5.82 Å². The quantitative estimate of drug-likeness (QED) is 0.276. The molecule has 0 saturated heterocycles. The van der Waals surface area contributed by atoms with Gasteiger partial charge in [-0.3, -0.25) is 4.57 Å². The van der Waals surface area contributed by atoms with Crippen LogP contribution in [0.5, 0.6) is 0 Å². The van der Waals surface area contributed by atoms with E-state index in [1.54, 1.807) is 0 Å². The molecule has 0 atom stereocenters. The Morgan fingerprint density at radius 1 is 0.543 bits per heavy atom. The number of hydrogen-bond acceptors (Lipinski definition) is 2. The van der Waals surface area contributed by atoms with Crippen molar-refractivity contribution in [3.63, 3.8) is 0 Å². The van der Waals surface area contributed by atoms with Crippen molar-refractivity contribution in [2.75, 3.05) is 0 Å². The maximum atomic E-state index is 14.9. The Bertz CT molecular complexity index is 1620. The van der Waals surface area contributed by atoms with Gasteiger partial charge in [-0.1, -0.05) is 109 Å². The SMILES string of the molecule is O=P(c1ccccc1)(c1ccccc1)c1cccc(-c2nc3ccccc3n2-c2ccccc2)c1. The van der Waals surface area contributed by atoms with Crippen LogP contribution in [0.3, 0.4) is 0 Å². The van der Waals surface area contributed by atoms with Gasteiger partial charge < -0.3 is 4.57 Å². The summed E-state index contributed by atoms with van der Waals surface area (Å²) in [5, 5.41) is 2.43. The fourth-order valence-corrected chi connectivity index (χ4v) is 7.32. The molecule has 168 valence electrons. The molecular weight excluding hydrogens is 447 g/mol. The van der Waals surface area contributed by atoms with Crippen molar-refractivity contribution < 1.29 is 4.57 Å². The van der Waals surface area contributed by atoms with Crippen LogP contribution >= 0.6 is 7.14 Å². The van der Waals surface area contributed by atoms with Crippen molar-refractivity contribution in [2.45, 2.75) is 0 Å². The summed E-state index contributed by atoms with van der Waals surface area (Å²) in [5.41, 5.74) is 3.92. The fourth-order valence-electron chi connectivity index (χ4n) is 4.62. The molecule has 0 fully saturated rings. The summed E-state index contributed by atoms with van der Waals surface area (Å²) in [5.74, 6) is 0.826. The predicted octanol–water partition coefficient (Wildman–Crippen LogP) is 6.33. The number of nitrogens with zero attached hydrogens (tertiary/aromatic N) is 2. The van der Waals surface area contributed by atoms with Gasteiger partial charge in [-0.25, -0.2) is 4.98 Å². The molecule has 35 heavy (non-hydrogen) atoms. The average Bonchev–Trinajstić information content (AvgIpc) is 3.34. The zero-order valence-electron chi connectivity index (χ0n) is 19.0. The van der Waals surface area contributed by atoms with Crippen molar-refractivity contribution >= 4 is 34.1 Å². The number of rotatable bonds is 5. The molecule has 3 nitrogen and oxygen atoms in total. The molecule has 1 heterocycles. The van der Waals surface area contributed by atoms with Crippen LogP contribution in [0, 0.1) is 0 Å². The summed E-state index contributed by atoms with van der Waals surface area (Å²) in [7, 11) is -3.08. The van der Waals surface area contributed by atoms with Gasteiger partial charge in [-0.05, 0) is 30.3 Å².